The van der Waals surface area contributed by atoms with Gasteiger partial charge in [0.05, 0.1) is 12.9 Å². The third-order valence-corrected chi connectivity index (χ3v) is 1.47. The van der Waals surface area contributed by atoms with Gasteiger partial charge >= 0.3 is 0 Å². The van der Waals surface area contributed by atoms with Crippen LogP contribution in [0.5, 0.6) is 0 Å². The number of hydrogen-bond acceptors (Lipinski definition) is 3. The van der Waals surface area contributed by atoms with E-state index < -0.39 is 0 Å². The second-order valence-corrected chi connectivity index (χ2v) is 2.69. The number of carbonyl (C=O) groups is 1. The van der Waals surface area contributed by atoms with Crippen LogP contribution in [-0.4, -0.2) is 12.5 Å². The van der Waals surface area contributed by atoms with Crippen LogP contribution in [0.15, 0.2) is 22.8 Å². The first-order valence-corrected chi connectivity index (χ1v) is 4.20. The number of nitrogens with one attached hydrogen (secondary N) is 1. The molecule has 0 aromatic carbocycles. The topological polar surface area (TPSA) is 51.5 Å². The number of hydrogen-bond donors (Lipinski definition) is 1. The summed E-state index contributed by atoms with van der Waals surface area (Å²) < 4.78 is 5.12. The molecule has 1 aromatic rings. The second-order valence-electron chi connectivity index (χ2n) is 2.69. The van der Waals surface area contributed by atoms with Crippen molar-refractivity contribution in [2.45, 2.75) is 19.8 Å². The average Bonchev–Trinajstić information content (AvgIpc) is 2.55. The first-order chi connectivity index (χ1) is 6.29. The highest BCUT2D eigenvalue weighted by atomic mass is 16.6. The number of aryl methyl sites for hydroxylation is 1. The van der Waals surface area contributed by atoms with Gasteiger partial charge < -0.3 is 4.42 Å². The molecule has 0 radical (unpaired) electrons. The van der Waals surface area contributed by atoms with Crippen molar-refractivity contribution in [2.75, 3.05) is 6.61 Å². The fourth-order valence-corrected chi connectivity index (χ4v) is 0.926. The predicted molar refractivity (Wildman–Crippen MR) is 46.8 cm³/mol. The maximum atomic E-state index is 10.4. The van der Waals surface area contributed by atoms with Crippen LogP contribution >= 0.6 is 0 Å². The van der Waals surface area contributed by atoms with E-state index in [9.17, 15) is 4.79 Å². The zero-order valence-electron chi connectivity index (χ0n) is 7.58. The van der Waals surface area contributed by atoms with Crippen LogP contribution in [0.3, 0.4) is 0 Å². The third-order valence-electron chi connectivity index (χ3n) is 1.47. The molecule has 0 spiro atoms. The molecule has 0 saturated carbocycles. The largest absolute Gasteiger partial charge is 0.469 e. The number of rotatable bonds is 5. The van der Waals surface area contributed by atoms with Gasteiger partial charge in [0.2, 0.25) is 5.91 Å². The summed E-state index contributed by atoms with van der Waals surface area (Å²) in [5.74, 6) is 0.754. The van der Waals surface area contributed by atoms with Crippen LogP contribution in [0.1, 0.15) is 19.1 Å². The fraction of sp³-hybridized carbons (Fsp3) is 0.444. The number of furan rings is 1. The van der Waals surface area contributed by atoms with Gasteiger partial charge in [-0.05, 0) is 18.6 Å². The third kappa shape index (κ3) is 4.32. The van der Waals surface area contributed by atoms with Crippen LogP contribution in [0.4, 0.5) is 0 Å². The van der Waals surface area contributed by atoms with Gasteiger partial charge in [0.15, 0.2) is 0 Å². The Morgan fingerprint density at radius 2 is 2.54 bits per heavy atom. The molecule has 1 amide bonds. The lowest BCUT2D eigenvalue weighted by molar-refractivity contribution is -0.131. The van der Waals surface area contributed by atoms with Crippen molar-refractivity contribution in [1.29, 1.82) is 0 Å². The van der Waals surface area contributed by atoms with Crippen LogP contribution in [-0.2, 0) is 16.1 Å². The van der Waals surface area contributed by atoms with Gasteiger partial charge in [-0.15, -0.1) is 0 Å². The monoisotopic (exact) mass is 183 g/mol. The molecule has 0 saturated heterocycles. The molecule has 0 bridgehead atoms. The van der Waals surface area contributed by atoms with E-state index in [2.05, 4.69) is 5.48 Å². The Morgan fingerprint density at radius 1 is 1.69 bits per heavy atom. The molecule has 0 aliphatic carbocycles. The van der Waals surface area contributed by atoms with Gasteiger partial charge in [-0.3, -0.25) is 9.63 Å². The molecule has 4 nitrogen and oxygen atoms in total. The van der Waals surface area contributed by atoms with Gasteiger partial charge in [-0.2, -0.15) is 0 Å². The highest BCUT2D eigenvalue weighted by molar-refractivity contribution is 5.71. The highest BCUT2D eigenvalue weighted by Gasteiger charge is 1.95. The highest BCUT2D eigenvalue weighted by Crippen LogP contribution is 2.02. The first-order valence-electron chi connectivity index (χ1n) is 4.20. The molecule has 1 rings (SSSR count). The smallest absolute Gasteiger partial charge is 0.240 e. The number of amides is 1. The summed E-state index contributed by atoms with van der Waals surface area (Å²) in [6, 6.07) is 3.77. The van der Waals surface area contributed by atoms with E-state index in [0.717, 1.165) is 18.6 Å². The Kier molecular flexibility index (Phi) is 4.05. The quantitative estimate of drug-likeness (QED) is 0.552. The van der Waals surface area contributed by atoms with Crippen molar-refractivity contribution in [2.24, 2.45) is 0 Å². The molecule has 1 N–H and O–H groups in total. The van der Waals surface area contributed by atoms with E-state index >= 15 is 0 Å². The maximum absolute atomic E-state index is 10.4. The summed E-state index contributed by atoms with van der Waals surface area (Å²) in [7, 11) is 0. The minimum Gasteiger partial charge on any atom is -0.469 e. The summed E-state index contributed by atoms with van der Waals surface area (Å²) in [6.07, 6.45) is 3.30. The minimum absolute atomic E-state index is 0.182. The first kappa shape index (κ1) is 9.80. The van der Waals surface area contributed by atoms with Crippen molar-refractivity contribution in [3.63, 3.8) is 0 Å². The summed E-state index contributed by atoms with van der Waals surface area (Å²) in [5, 5.41) is 0. The van der Waals surface area contributed by atoms with Crippen molar-refractivity contribution in [1.82, 2.24) is 5.48 Å². The molecule has 0 fully saturated rings. The molecule has 0 aliphatic rings. The summed E-state index contributed by atoms with van der Waals surface area (Å²) in [6.45, 7) is 1.91. The normalized spacial score (nSPS) is 9.92. The van der Waals surface area contributed by atoms with Crippen LogP contribution in [0.25, 0.3) is 0 Å². The molecular formula is C9H13NO3. The van der Waals surface area contributed by atoms with Gasteiger partial charge in [0.25, 0.3) is 0 Å². The van der Waals surface area contributed by atoms with Crippen molar-refractivity contribution in [3.05, 3.63) is 24.2 Å². The molecule has 4 heteroatoms. The Morgan fingerprint density at radius 3 is 3.15 bits per heavy atom. The molecule has 1 heterocycles. The van der Waals surface area contributed by atoms with Gasteiger partial charge in [-0.25, -0.2) is 5.48 Å². The van der Waals surface area contributed by atoms with E-state index in [-0.39, 0.29) is 5.91 Å². The molecule has 0 aliphatic heterocycles. The van der Waals surface area contributed by atoms with E-state index in [4.69, 9.17) is 9.25 Å². The Hall–Kier alpha value is -1.29. The van der Waals surface area contributed by atoms with E-state index in [1.807, 2.05) is 12.1 Å². The van der Waals surface area contributed by atoms with Crippen molar-refractivity contribution >= 4 is 5.91 Å². The van der Waals surface area contributed by atoms with Crippen LogP contribution in [0, 0.1) is 0 Å². The lowest BCUT2D eigenvalue weighted by atomic mass is 10.3. The Bertz CT molecular complexity index is 243. The second kappa shape index (κ2) is 5.37. The summed E-state index contributed by atoms with van der Waals surface area (Å²) in [4.78, 5) is 15.2. The van der Waals surface area contributed by atoms with Crippen LogP contribution < -0.4 is 5.48 Å². The van der Waals surface area contributed by atoms with E-state index in [1.165, 1.54) is 6.92 Å². The molecule has 0 atom stereocenters. The van der Waals surface area contributed by atoms with Gasteiger partial charge in [0.1, 0.15) is 5.76 Å². The predicted octanol–water partition coefficient (Wildman–Crippen LogP) is 1.28. The van der Waals surface area contributed by atoms with E-state index in [1.54, 1.807) is 6.26 Å². The fourth-order valence-electron chi connectivity index (χ4n) is 0.926. The standard InChI is InChI=1S/C9H13NO3/c1-8(11)10-13-7-3-5-9-4-2-6-12-9/h2,4,6H,3,5,7H2,1H3,(H,10,11). The molecule has 0 unspecified atom stereocenters. The molecule has 72 valence electrons. The van der Waals surface area contributed by atoms with Gasteiger partial charge in [-0.1, -0.05) is 0 Å². The molecule has 1 aromatic heterocycles. The Balaban J connectivity index is 1.99. The van der Waals surface area contributed by atoms with Crippen molar-refractivity contribution in [3.8, 4) is 0 Å². The SMILES string of the molecule is CC(=O)NOCCCc1ccco1. The average molecular weight is 183 g/mol. The lowest BCUT2D eigenvalue weighted by Crippen LogP contribution is -2.20. The van der Waals surface area contributed by atoms with Crippen LogP contribution in [0.2, 0.25) is 0 Å². The maximum Gasteiger partial charge on any atom is 0.240 e. The van der Waals surface area contributed by atoms with E-state index in [0.29, 0.717) is 6.61 Å². The van der Waals surface area contributed by atoms with Crippen molar-refractivity contribution < 1.29 is 14.0 Å². The summed E-state index contributed by atoms with van der Waals surface area (Å²) >= 11 is 0. The summed E-state index contributed by atoms with van der Waals surface area (Å²) in [5.41, 5.74) is 2.26. The zero-order valence-corrected chi connectivity index (χ0v) is 7.58. The number of carbonyl (C=O) groups excluding carboxylic acids is 1. The lowest BCUT2D eigenvalue weighted by Gasteiger charge is -2.01. The zero-order chi connectivity index (χ0) is 9.52. The number of hydroxylamine groups is 1. The van der Waals surface area contributed by atoms with Gasteiger partial charge in [0, 0.05) is 13.3 Å². The molecule has 13 heavy (non-hydrogen) atoms. The minimum atomic E-state index is -0.182. The molecular weight excluding hydrogens is 170 g/mol. The Labute approximate surface area is 76.8 Å².